The first-order valence-corrected chi connectivity index (χ1v) is 8.79. The van der Waals surface area contributed by atoms with Crippen molar-refractivity contribution in [3.05, 3.63) is 54.1 Å². The van der Waals surface area contributed by atoms with Gasteiger partial charge in [0, 0.05) is 19.8 Å². The van der Waals surface area contributed by atoms with Gasteiger partial charge in [-0.15, -0.1) is 0 Å². The molecule has 0 saturated carbocycles. The van der Waals surface area contributed by atoms with Crippen molar-refractivity contribution in [2.45, 2.75) is 11.8 Å². The van der Waals surface area contributed by atoms with E-state index in [1.807, 2.05) is 13.0 Å². The van der Waals surface area contributed by atoms with Crippen molar-refractivity contribution in [2.24, 2.45) is 0 Å². The highest BCUT2D eigenvalue weighted by atomic mass is 32.2. The summed E-state index contributed by atoms with van der Waals surface area (Å²) in [5, 5.41) is 0. The maximum Gasteiger partial charge on any atom is 0.261 e. The van der Waals surface area contributed by atoms with Crippen LogP contribution >= 0.6 is 0 Å². The van der Waals surface area contributed by atoms with Crippen LogP contribution < -0.4 is 9.46 Å². The number of benzene rings is 2. The SMILES string of the molecule is Cc1cccc(NS(=O)(=O)c2ccc(OCC(=O)N(C)C)cc2)c1. The van der Waals surface area contributed by atoms with Gasteiger partial charge in [-0.1, -0.05) is 12.1 Å². The third-order valence-electron chi connectivity index (χ3n) is 3.27. The van der Waals surface area contributed by atoms with Gasteiger partial charge in [-0.05, 0) is 48.9 Å². The largest absolute Gasteiger partial charge is 0.484 e. The zero-order valence-electron chi connectivity index (χ0n) is 13.8. The average molecular weight is 348 g/mol. The number of rotatable bonds is 6. The number of ether oxygens (including phenoxy) is 1. The van der Waals surface area contributed by atoms with Crippen LogP contribution in [0.1, 0.15) is 5.56 Å². The van der Waals surface area contributed by atoms with Crippen LogP contribution in [0.3, 0.4) is 0 Å². The molecular weight excluding hydrogens is 328 g/mol. The number of carbonyl (C=O) groups is 1. The fourth-order valence-electron chi connectivity index (χ4n) is 1.91. The molecule has 0 spiro atoms. The Balaban J connectivity index is 2.07. The monoisotopic (exact) mass is 348 g/mol. The van der Waals surface area contributed by atoms with Crippen molar-refractivity contribution < 1.29 is 17.9 Å². The lowest BCUT2D eigenvalue weighted by atomic mass is 10.2. The molecule has 0 aliphatic rings. The summed E-state index contributed by atoms with van der Waals surface area (Å²) in [6, 6.07) is 13.0. The summed E-state index contributed by atoms with van der Waals surface area (Å²) in [4.78, 5) is 13.0. The molecule has 0 aromatic heterocycles. The van der Waals surface area contributed by atoms with E-state index in [0.717, 1.165) is 5.56 Å². The molecule has 1 N–H and O–H groups in total. The van der Waals surface area contributed by atoms with Crippen molar-refractivity contribution in [1.29, 1.82) is 0 Å². The van der Waals surface area contributed by atoms with E-state index in [9.17, 15) is 13.2 Å². The van der Waals surface area contributed by atoms with Crippen LogP contribution in [0.25, 0.3) is 0 Å². The molecule has 0 saturated heterocycles. The number of amides is 1. The van der Waals surface area contributed by atoms with Crippen molar-refractivity contribution in [3.8, 4) is 5.75 Å². The molecule has 0 unspecified atom stereocenters. The fraction of sp³-hybridized carbons (Fsp3) is 0.235. The molecule has 0 atom stereocenters. The van der Waals surface area contributed by atoms with Gasteiger partial charge >= 0.3 is 0 Å². The molecule has 0 radical (unpaired) electrons. The van der Waals surface area contributed by atoms with Crippen molar-refractivity contribution in [2.75, 3.05) is 25.4 Å². The first-order valence-electron chi connectivity index (χ1n) is 7.30. The molecule has 1 amide bonds. The van der Waals surface area contributed by atoms with Crippen LogP contribution in [0.2, 0.25) is 0 Å². The highest BCUT2D eigenvalue weighted by Crippen LogP contribution is 2.20. The molecule has 7 heteroatoms. The van der Waals surface area contributed by atoms with Gasteiger partial charge in [-0.25, -0.2) is 8.42 Å². The molecule has 0 aliphatic heterocycles. The van der Waals surface area contributed by atoms with Gasteiger partial charge in [0.15, 0.2) is 6.61 Å². The minimum Gasteiger partial charge on any atom is -0.484 e. The van der Waals surface area contributed by atoms with Gasteiger partial charge in [0.2, 0.25) is 0 Å². The topological polar surface area (TPSA) is 75.7 Å². The lowest BCUT2D eigenvalue weighted by Crippen LogP contribution is -2.27. The number of aryl methyl sites for hydroxylation is 1. The highest BCUT2D eigenvalue weighted by Gasteiger charge is 2.14. The van der Waals surface area contributed by atoms with Crippen LogP contribution in [-0.4, -0.2) is 39.9 Å². The summed E-state index contributed by atoms with van der Waals surface area (Å²) in [6.45, 7) is 1.79. The van der Waals surface area contributed by atoms with Crippen LogP contribution in [0.5, 0.6) is 5.75 Å². The summed E-state index contributed by atoms with van der Waals surface area (Å²) in [7, 11) is -0.398. The summed E-state index contributed by atoms with van der Waals surface area (Å²) in [6.07, 6.45) is 0. The predicted octanol–water partition coefficient (Wildman–Crippen LogP) is 2.26. The summed E-state index contributed by atoms with van der Waals surface area (Å²) in [5.74, 6) is 0.257. The number of hydrogen-bond donors (Lipinski definition) is 1. The third kappa shape index (κ3) is 4.73. The van der Waals surface area contributed by atoms with E-state index >= 15 is 0 Å². The number of likely N-dealkylation sites (N-methyl/N-ethyl adjacent to an activating group) is 1. The molecule has 0 bridgehead atoms. The summed E-state index contributed by atoms with van der Waals surface area (Å²) >= 11 is 0. The van der Waals surface area contributed by atoms with Gasteiger partial charge in [-0.2, -0.15) is 0 Å². The predicted molar refractivity (Wildman–Crippen MR) is 92.6 cm³/mol. The van der Waals surface area contributed by atoms with E-state index in [1.165, 1.54) is 29.2 Å². The Hall–Kier alpha value is -2.54. The molecule has 0 fully saturated rings. The molecule has 2 rings (SSSR count). The lowest BCUT2D eigenvalue weighted by molar-refractivity contribution is -0.130. The molecule has 0 heterocycles. The van der Waals surface area contributed by atoms with Gasteiger partial charge in [0.1, 0.15) is 5.75 Å². The Morgan fingerprint density at radius 3 is 2.38 bits per heavy atom. The molecule has 0 aliphatic carbocycles. The summed E-state index contributed by atoms with van der Waals surface area (Å²) in [5.41, 5.74) is 1.47. The van der Waals surface area contributed by atoms with Crippen LogP contribution in [0.4, 0.5) is 5.69 Å². The Morgan fingerprint density at radius 1 is 1.12 bits per heavy atom. The van der Waals surface area contributed by atoms with E-state index in [2.05, 4.69) is 4.72 Å². The van der Waals surface area contributed by atoms with Gasteiger partial charge in [0.25, 0.3) is 15.9 Å². The quantitative estimate of drug-likeness (QED) is 0.869. The number of hydrogen-bond acceptors (Lipinski definition) is 4. The van der Waals surface area contributed by atoms with E-state index in [-0.39, 0.29) is 17.4 Å². The highest BCUT2D eigenvalue weighted by molar-refractivity contribution is 7.92. The second-order valence-corrected chi connectivity index (χ2v) is 7.21. The zero-order valence-corrected chi connectivity index (χ0v) is 14.6. The Labute approximate surface area is 142 Å². The Morgan fingerprint density at radius 2 is 1.79 bits per heavy atom. The molecule has 2 aromatic rings. The van der Waals surface area contributed by atoms with Crippen LogP contribution in [-0.2, 0) is 14.8 Å². The number of anilines is 1. The first-order chi connectivity index (χ1) is 11.3. The smallest absolute Gasteiger partial charge is 0.261 e. The van der Waals surface area contributed by atoms with E-state index in [1.54, 1.807) is 32.3 Å². The second-order valence-electron chi connectivity index (χ2n) is 5.52. The third-order valence-corrected chi connectivity index (χ3v) is 4.66. The Kier molecular flexibility index (Phi) is 5.46. The maximum atomic E-state index is 12.4. The van der Waals surface area contributed by atoms with Crippen molar-refractivity contribution in [3.63, 3.8) is 0 Å². The second kappa shape index (κ2) is 7.35. The van der Waals surface area contributed by atoms with Gasteiger partial charge in [0.05, 0.1) is 4.90 Å². The minimum absolute atomic E-state index is 0.0966. The lowest BCUT2D eigenvalue weighted by Gasteiger charge is -2.12. The molecule has 2 aromatic carbocycles. The number of carbonyl (C=O) groups excluding carboxylic acids is 1. The average Bonchev–Trinajstić information content (AvgIpc) is 2.52. The van der Waals surface area contributed by atoms with Gasteiger partial charge in [-0.3, -0.25) is 9.52 Å². The number of sulfonamides is 1. The minimum atomic E-state index is -3.67. The van der Waals surface area contributed by atoms with Crippen molar-refractivity contribution >= 4 is 21.6 Å². The molecule has 6 nitrogen and oxygen atoms in total. The van der Waals surface area contributed by atoms with Crippen LogP contribution in [0, 0.1) is 6.92 Å². The molecule has 128 valence electrons. The summed E-state index contributed by atoms with van der Waals surface area (Å²) < 4.78 is 32.6. The maximum absolute atomic E-state index is 12.4. The normalized spacial score (nSPS) is 11.0. The number of nitrogens with one attached hydrogen (secondary N) is 1. The first kappa shape index (κ1) is 17.8. The molecular formula is C17H20N2O4S. The van der Waals surface area contributed by atoms with E-state index in [0.29, 0.717) is 11.4 Å². The Bertz CT molecular complexity index is 815. The van der Waals surface area contributed by atoms with E-state index in [4.69, 9.17) is 4.74 Å². The van der Waals surface area contributed by atoms with Crippen molar-refractivity contribution in [1.82, 2.24) is 4.90 Å². The fourth-order valence-corrected chi connectivity index (χ4v) is 2.96. The van der Waals surface area contributed by atoms with Gasteiger partial charge < -0.3 is 9.64 Å². The number of nitrogens with zero attached hydrogens (tertiary/aromatic N) is 1. The standard InChI is InChI=1S/C17H20N2O4S/c1-13-5-4-6-14(11-13)18-24(21,22)16-9-7-15(8-10-16)23-12-17(20)19(2)3/h4-11,18H,12H2,1-3H3. The molecule has 24 heavy (non-hydrogen) atoms. The van der Waals surface area contributed by atoms with E-state index < -0.39 is 10.0 Å². The zero-order chi connectivity index (χ0) is 17.7. The van der Waals surface area contributed by atoms with Crippen LogP contribution in [0.15, 0.2) is 53.4 Å².